The van der Waals surface area contributed by atoms with Gasteiger partial charge in [-0.3, -0.25) is 9.59 Å². The average Bonchev–Trinajstić information content (AvgIpc) is 2.36. The van der Waals surface area contributed by atoms with Gasteiger partial charge in [-0.05, 0) is 19.8 Å². The summed E-state index contributed by atoms with van der Waals surface area (Å²) in [6, 6.07) is -0.173. The number of carbonyl (C=O) groups excluding carboxylic acids is 3. The normalized spacial score (nSPS) is 13.0. The monoisotopic (exact) mass is 298 g/mol. The Hall–Kier alpha value is -1.85. The van der Waals surface area contributed by atoms with Gasteiger partial charge < -0.3 is 15.4 Å². The first-order valence-corrected chi connectivity index (χ1v) is 7.13. The molecule has 0 aromatic heterocycles. The second kappa shape index (κ2) is 9.96. The van der Waals surface area contributed by atoms with Crippen LogP contribution in [0.3, 0.4) is 0 Å². The van der Waals surface area contributed by atoms with Gasteiger partial charge in [-0.15, -0.1) is 0 Å². The minimum Gasteiger partial charge on any atom is -0.462 e. The minimum atomic E-state index is -0.439. The first-order chi connectivity index (χ1) is 9.76. The first kappa shape index (κ1) is 19.1. The van der Waals surface area contributed by atoms with Crippen molar-refractivity contribution >= 4 is 17.8 Å². The molecule has 0 aliphatic carbocycles. The van der Waals surface area contributed by atoms with E-state index in [1.807, 2.05) is 6.92 Å². The molecule has 6 nitrogen and oxygen atoms in total. The molecular formula is C15H26N2O4. The van der Waals surface area contributed by atoms with Crippen molar-refractivity contribution in [1.29, 1.82) is 0 Å². The fourth-order valence-electron chi connectivity index (χ4n) is 1.91. The quantitative estimate of drug-likeness (QED) is 0.496. The van der Waals surface area contributed by atoms with Gasteiger partial charge in [0.2, 0.25) is 11.8 Å². The SMILES string of the molecule is C=C(C)C(=O)OCCC(CC(CC)NC(C)=O)NC(C)=O. The first-order valence-electron chi connectivity index (χ1n) is 7.13. The number of esters is 1. The Bertz CT molecular complexity index is 393. The van der Waals surface area contributed by atoms with Gasteiger partial charge in [0.1, 0.15) is 0 Å². The fourth-order valence-corrected chi connectivity index (χ4v) is 1.91. The molecule has 0 aliphatic rings. The highest BCUT2D eigenvalue weighted by Gasteiger charge is 2.17. The number of nitrogens with one attached hydrogen (secondary N) is 2. The molecule has 0 saturated carbocycles. The minimum absolute atomic E-state index is 0.0174. The highest BCUT2D eigenvalue weighted by molar-refractivity contribution is 5.86. The van der Waals surface area contributed by atoms with Gasteiger partial charge >= 0.3 is 5.97 Å². The van der Waals surface area contributed by atoms with Gasteiger partial charge in [0.05, 0.1) is 6.61 Å². The van der Waals surface area contributed by atoms with E-state index in [-0.39, 0.29) is 30.5 Å². The van der Waals surface area contributed by atoms with Crippen LogP contribution < -0.4 is 10.6 Å². The average molecular weight is 298 g/mol. The van der Waals surface area contributed by atoms with E-state index in [1.165, 1.54) is 13.8 Å². The zero-order chi connectivity index (χ0) is 16.4. The Balaban J connectivity index is 4.43. The third-order valence-electron chi connectivity index (χ3n) is 2.92. The summed E-state index contributed by atoms with van der Waals surface area (Å²) in [5, 5.41) is 5.66. The molecule has 0 fully saturated rings. The van der Waals surface area contributed by atoms with Crippen molar-refractivity contribution in [1.82, 2.24) is 10.6 Å². The Morgan fingerprint density at radius 1 is 1.05 bits per heavy atom. The molecule has 0 saturated heterocycles. The molecule has 0 aromatic rings. The van der Waals surface area contributed by atoms with E-state index in [2.05, 4.69) is 17.2 Å². The smallest absolute Gasteiger partial charge is 0.333 e. The summed E-state index contributed by atoms with van der Waals surface area (Å²) < 4.78 is 5.03. The van der Waals surface area contributed by atoms with Crippen LogP contribution in [0.5, 0.6) is 0 Å². The van der Waals surface area contributed by atoms with E-state index in [0.717, 1.165) is 6.42 Å². The molecule has 0 bridgehead atoms. The van der Waals surface area contributed by atoms with Crippen LogP contribution in [0.1, 0.15) is 47.0 Å². The Labute approximate surface area is 126 Å². The van der Waals surface area contributed by atoms with Gasteiger partial charge in [0.15, 0.2) is 0 Å². The van der Waals surface area contributed by atoms with Crippen molar-refractivity contribution in [2.45, 2.75) is 59.0 Å². The highest BCUT2D eigenvalue weighted by Crippen LogP contribution is 2.07. The molecule has 2 N–H and O–H groups in total. The summed E-state index contributed by atoms with van der Waals surface area (Å²) in [6.07, 6.45) is 1.86. The van der Waals surface area contributed by atoms with Gasteiger partial charge in [-0.2, -0.15) is 0 Å². The van der Waals surface area contributed by atoms with E-state index in [9.17, 15) is 14.4 Å². The number of amides is 2. The van der Waals surface area contributed by atoms with E-state index in [0.29, 0.717) is 18.4 Å². The predicted octanol–water partition coefficient (Wildman–Crippen LogP) is 1.31. The molecule has 2 unspecified atom stereocenters. The lowest BCUT2D eigenvalue weighted by Crippen LogP contribution is -2.42. The third kappa shape index (κ3) is 9.65. The molecule has 2 amide bonds. The molecule has 0 spiro atoms. The summed E-state index contributed by atoms with van der Waals surface area (Å²) in [5.74, 6) is -0.688. The summed E-state index contributed by atoms with van der Waals surface area (Å²) in [6.45, 7) is 10.2. The molecular weight excluding hydrogens is 272 g/mol. The lowest BCUT2D eigenvalue weighted by Gasteiger charge is -2.24. The summed E-state index contributed by atoms with van der Waals surface area (Å²) in [5.41, 5.74) is 0.343. The maximum absolute atomic E-state index is 11.3. The van der Waals surface area contributed by atoms with Crippen LogP contribution >= 0.6 is 0 Å². The molecule has 0 aliphatic heterocycles. The molecule has 0 radical (unpaired) electrons. The van der Waals surface area contributed by atoms with Crippen molar-refractivity contribution in [3.05, 3.63) is 12.2 Å². The third-order valence-corrected chi connectivity index (χ3v) is 2.92. The highest BCUT2D eigenvalue weighted by atomic mass is 16.5. The summed E-state index contributed by atoms with van der Waals surface area (Å²) in [4.78, 5) is 33.7. The molecule has 120 valence electrons. The van der Waals surface area contributed by atoms with Crippen LogP contribution in [0.2, 0.25) is 0 Å². The van der Waals surface area contributed by atoms with Crippen molar-refractivity contribution in [2.75, 3.05) is 6.61 Å². The molecule has 21 heavy (non-hydrogen) atoms. The summed E-state index contributed by atoms with van der Waals surface area (Å²) in [7, 11) is 0. The van der Waals surface area contributed by atoms with Gasteiger partial charge in [0.25, 0.3) is 0 Å². The van der Waals surface area contributed by atoms with Gasteiger partial charge in [-0.25, -0.2) is 4.79 Å². The molecule has 2 atom stereocenters. The largest absolute Gasteiger partial charge is 0.462 e. The summed E-state index contributed by atoms with van der Waals surface area (Å²) >= 11 is 0. The second-order valence-corrected chi connectivity index (χ2v) is 5.14. The van der Waals surface area contributed by atoms with Crippen LogP contribution in [0.4, 0.5) is 0 Å². The predicted molar refractivity (Wildman–Crippen MR) is 80.5 cm³/mol. The maximum Gasteiger partial charge on any atom is 0.333 e. The lowest BCUT2D eigenvalue weighted by molar-refractivity contribution is -0.139. The van der Waals surface area contributed by atoms with E-state index in [1.54, 1.807) is 6.92 Å². The van der Waals surface area contributed by atoms with E-state index < -0.39 is 5.97 Å². The van der Waals surface area contributed by atoms with Crippen LogP contribution in [-0.2, 0) is 19.1 Å². The van der Waals surface area contributed by atoms with Crippen molar-refractivity contribution in [2.24, 2.45) is 0 Å². The number of ether oxygens (including phenoxy) is 1. The van der Waals surface area contributed by atoms with Gasteiger partial charge in [0, 0.05) is 37.9 Å². The Kier molecular flexibility index (Phi) is 9.08. The fraction of sp³-hybridized carbons (Fsp3) is 0.667. The Morgan fingerprint density at radius 3 is 2.00 bits per heavy atom. The van der Waals surface area contributed by atoms with Crippen molar-refractivity contribution < 1.29 is 19.1 Å². The van der Waals surface area contributed by atoms with Gasteiger partial charge in [-0.1, -0.05) is 13.5 Å². The topological polar surface area (TPSA) is 84.5 Å². The number of hydrogen-bond acceptors (Lipinski definition) is 4. The number of rotatable bonds is 9. The lowest BCUT2D eigenvalue weighted by atomic mass is 10.0. The van der Waals surface area contributed by atoms with Crippen molar-refractivity contribution in [3.8, 4) is 0 Å². The van der Waals surface area contributed by atoms with Crippen LogP contribution in [0.15, 0.2) is 12.2 Å². The molecule has 0 rings (SSSR count). The standard InChI is InChI=1S/C15H26N2O4/c1-6-13(16-11(4)18)9-14(17-12(5)19)7-8-21-15(20)10(2)3/h13-14H,2,6-9H2,1,3-5H3,(H,16,18)(H,17,19). The zero-order valence-corrected chi connectivity index (χ0v) is 13.3. The van der Waals surface area contributed by atoms with Crippen molar-refractivity contribution in [3.63, 3.8) is 0 Å². The van der Waals surface area contributed by atoms with E-state index in [4.69, 9.17) is 4.74 Å². The number of carbonyl (C=O) groups is 3. The second-order valence-electron chi connectivity index (χ2n) is 5.14. The molecule has 0 aromatic carbocycles. The Morgan fingerprint density at radius 2 is 1.57 bits per heavy atom. The molecule has 6 heteroatoms. The van der Waals surface area contributed by atoms with Crippen LogP contribution in [0, 0.1) is 0 Å². The number of hydrogen-bond donors (Lipinski definition) is 2. The molecule has 0 heterocycles. The van der Waals surface area contributed by atoms with E-state index >= 15 is 0 Å². The van der Waals surface area contributed by atoms with Crippen LogP contribution in [-0.4, -0.2) is 36.5 Å². The van der Waals surface area contributed by atoms with Crippen LogP contribution in [0.25, 0.3) is 0 Å². The zero-order valence-electron chi connectivity index (χ0n) is 13.3. The maximum atomic E-state index is 11.3.